The van der Waals surface area contributed by atoms with Crippen LogP contribution in [0.25, 0.3) is 0 Å². The van der Waals surface area contributed by atoms with Crippen LogP contribution in [0.1, 0.15) is 484 Å². The molecular formula is C100H191O24Si16Ti. The Morgan fingerprint density at radius 3 is 0.397 bits per heavy atom. The predicted octanol–water partition coefficient (Wildman–Crippen LogP) is 28.8. The Balaban J connectivity index is 0.000000168. The summed E-state index contributed by atoms with van der Waals surface area (Å²) in [7, 11) is -63.7. The van der Waals surface area contributed by atoms with E-state index in [9.17, 15) is 19.2 Å². The quantitative estimate of drug-likeness (QED) is 0.0929. The SMILES string of the molecule is C[C]1[C](C)[C](C)[C](C)[C]1C.C[Si](C)(C)O[Si]1(C2CCCCC2)O[Si]2(C3CCCCC3)O[Si](O)(C3CCCCC3)O[Si]3(C4CCCCC4)O[Si](O)(C4CCCCC4)O[Si](C4CCCCC4)(O1)O[Si](C1CCCCC1)(O3)O2.C[Si](C)(C)O[Si]1(C2CCCCC2)O[Si]2(C3CCCCC3)O[Si](O)(C3CCCCC3)O[Si]3(C4CCCCC4)O[Si](O)(C4CCCCC4)O[Si](C4CCCCC4)(O1)O[Si](C1CCCCC1)(O3)O2.[Ti]. The molecule has 24 nitrogen and oxygen atoms in total. The van der Waals surface area contributed by atoms with Crippen molar-refractivity contribution in [3.05, 3.63) is 29.6 Å². The molecule has 15 saturated carbocycles. The fraction of sp³-hybridized carbons (Fsp3) is 0.950. The van der Waals surface area contributed by atoms with Gasteiger partial charge < -0.3 is 101 Å². The maximum absolute atomic E-state index is 14.3. The van der Waals surface area contributed by atoms with Gasteiger partial charge in [0.1, 0.15) is 0 Å². The van der Waals surface area contributed by atoms with E-state index in [4.69, 9.17) is 82.3 Å². The van der Waals surface area contributed by atoms with E-state index in [-0.39, 0.29) is 99.3 Å². The number of hydrogen-bond acceptors (Lipinski definition) is 24. The van der Waals surface area contributed by atoms with Crippen LogP contribution in [-0.2, 0) is 104 Å². The van der Waals surface area contributed by atoms with Crippen LogP contribution in [-0.4, -0.2) is 159 Å². The largest absolute Gasteiger partial charge is 0.486 e. The van der Waals surface area contributed by atoms with Crippen molar-refractivity contribution in [2.45, 2.75) is 601 Å². The summed E-state index contributed by atoms with van der Waals surface area (Å²) in [5.74, 6) is 7.34. The van der Waals surface area contributed by atoms with E-state index in [0.717, 1.165) is 424 Å². The third kappa shape index (κ3) is 24.8. The molecule has 6 saturated heterocycles. The second-order valence-corrected chi connectivity index (χ2v) is 104. The van der Waals surface area contributed by atoms with Gasteiger partial charge in [-0.3, -0.25) is 0 Å². The molecule has 0 aromatic rings. The predicted molar refractivity (Wildman–Crippen MR) is 578 cm³/mol. The molecule has 8 atom stereocenters. The summed E-state index contributed by atoms with van der Waals surface area (Å²) in [5, 5.41) is 0. The molecule has 21 fully saturated rings. The summed E-state index contributed by atoms with van der Waals surface area (Å²) >= 11 is 0. The van der Waals surface area contributed by atoms with Crippen LogP contribution in [0.15, 0.2) is 0 Å². The summed E-state index contributed by atoms with van der Waals surface area (Å²) in [5.41, 5.74) is -1.45. The summed E-state index contributed by atoms with van der Waals surface area (Å²) < 4.78 is 165. The van der Waals surface area contributed by atoms with Crippen molar-refractivity contribution >= 4 is 140 Å². The minimum absolute atomic E-state index is 0. The van der Waals surface area contributed by atoms with Gasteiger partial charge in [0.25, 0.3) is 0 Å². The zero-order valence-corrected chi connectivity index (χ0v) is 107. The van der Waals surface area contributed by atoms with Crippen molar-refractivity contribution in [1.82, 2.24) is 0 Å². The molecule has 41 heteroatoms. The zero-order chi connectivity index (χ0) is 97.6. The Labute approximate surface area is 886 Å². The molecule has 8 unspecified atom stereocenters. The first-order chi connectivity index (χ1) is 67.2. The molecule has 141 heavy (non-hydrogen) atoms. The molecule has 21 rings (SSSR count). The molecule has 5 radical (unpaired) electrons. The maximum atomic E-state index is 14.3. The Kier molecular flexibility index (Phi) is 38.6. The second-order valence-electron chi connectivity index (χ2n) is 50.6. The molecule has 15 aliphatic carbocycles. The summed E-state index contributed by atoms with van der Waals surface area (Å²) in [6.07, 6.45) is 69.9. The third-order valence-corrected chi connectivity index (χ3v) is 109. The van der Waals surface area contributed by atoms with E-state index in [1.54, 1.807) is 0 Å². The number of fused-ring (bicyclic) bond motifs is 6. The van der Waals surface area contributed by atoms with Crippen molar-refractivity contribution in [2.75, 3.05) is 0 Å². The van der Waals surface area contributed by atoms with Gasteiger partial charge in [-0.2, -0.15) is 0 Å². The van der Waals surface area contributed by atoms with E-state index < -0.39 is 140 Å². The van der Waals surface area contributed by atoms with Gasteiger partial charge in [-0.15, -0.1) is 0 Å². The minimum atomic E-state index is -4.37. The van der Waals surface area contributed by atoms with E-state index in [0.29, 0.717) is 0 Å². The van der Waals surface area contributed by atoms with Gasteiger partial charge >= 0.3 is 123 Å². The molecular weight excluding hydrogens is 2080 g/mol. The van der Waals surface area contributed by atoms with Crippen LogP contribution in [0.3, 0.4) is 0 Å². The van der Waals surface area contributed by atoms with E-state index in [1.165, 1.54) is 55.3 Å². The van der Waals surface area contributed by atoms with Gasteiger partial charge in [-0.25, -0.2) is 0 Å². The fourth-order valence-corrected chi connectivity index (χ4v) is 125. The standard InChI is InChI=1S/2C45H88O12Si8.C10H15.Ti/c2*1-58(2,3)48-61(41-29-15-6-16-30-41)53-63(43-33-19-8-20-34-43)51-59(46,39-25-11-4-12-26-39)49-62(42-31-17-7-18-32-42)50-60(47,40-27-13-5-14-28-40)52-64(54-61,44-35-21-9-22-36-44)57-65(55-62,56-63)45-37-23-10-24-38-45;1-6-7(2)9(4)10(5)8(6)3;/h2*39-47H,4-38H2,1-3H3;1-5H3;. The summed E-state index contributed by atoms with van der Waals surface area (Å²) in [6.45, 7) is 24.7. The molecule has 0 aromatic heterocycles. The Morgan fingerprint density at radius 1 is 0.163 bits per heavy atom. The maximum Gasteiger partial charge on any atom is 0.486 e. The van der Waals surface area contributed by atoms with Crippen molar-refractivity contribution < 1.29 is 123 Å². The molecule has 0 spiro atoms. The molecule has 803 valence electrons. The first-order valence-corrected chi connectivity index (χ1v) is 91.5. The molecule has 4 N–H and O–H groups in total. The number of hydrogen-bond donors (Lipinski definition) is 4. The van der Waals surface area contributed by atoms with Gasteiger partial charge in [0.15, 0.2) is 16.6 Å². The van der Waals surface area contributed by atoms with Crippen LogP contribution >= 0.6 is 0 Å². The Morgan fingerprint density at radius 2 is 0.270 bits per heavy atom. The summed E-state index contributed by atoms with van der Waals surface area (Å²) in [6, 6.07) is 0. The first kappa shape index (κ1) is 114. The zero-order valence-electron chi connectivity index (χ0n) is 89.5. The van der Waals surface area contributed by atoms with Crippen molar-refractivity contribution in [3.63, 3.8) is 0 Å². The molecule has 21 aliphatic rings. The van der Waals surface area contributed by atoms with E-state index in [2.05, 4.69) is 73.9 Å². The average Bonchev–Trinajstić information content (AvgIpc) is 1.12. The van der Waals surface area contributed by atoms with Crippen LogP contribution in [0.4, 0.5) is 0 Å². The number of rotatable bonds is 18. The minimum Gasteiger partial charge on any atom is -0.417 e. The first-order valence-electron chi connectivity index (χ1n) is 59.3. The molecule has 0 aromatic carbocycles. The van der Waals surface area contributed by atoms with Crippen LogP contribution in [0.5, 0.6) is 0 Å². The normalized spacial score (nSPS) is 42.5. The van der Waals surface area contributed by atoms with Crippen LogP contribution in [0, 0.1) is 29.6 Å². The van der Waals surface area contributed by atoms with Gasteiger partial charge in [0.05, 0.1) is 0 Å². The average molecular weight is 2270 g/mol. The monoisotopic (exact) mass is 2270 g/mol. The van der Waals surface area contributed by atoms with E-state index >= 15 is 0 Å². The third-order valence-electron chi connectivity index (χ3n) is 38.4. The molecule has 6 heterocycles. The fourth-order valence-electron chi connectivity index (χ4n) is 30.2. The molecule has 8 bridgehead atoms. The van der Waals surface area contributed by atoms with Gasteiger partial charge in [0.2, 0.25) is 0 Å². The van der Waals surface area contributed by atoms with Crippen molar-refractivity contribution in [3.8, 4) is 0 Å². The van der Waals surface area contributed by atoms with Crippen molar-refractivity contribution in [2.24, 2.45) is 0 Å². The van der Waals surface area contributed by atoms with E-state index in [1.807, 2.05) is 0 Å². The Hall–Kier alpha value is 3.22. The molecule has 0 amide bonds. The van der Waals surface area contributed by atoms with Crippen LogP contribution < -0.4 is 0 Å². The smallest absolute Gasteiger partial charge is 0.417 e. The topological polar surface area (TPSA) is 266 Å². The second kappa shape index (κ2) is 47.8. The van der Waals surface area contributed by atoms with Crippen molar-refractivity contribution in [1.29, 1.82) is 0 Å². The van der Waals surface area contributed by atoms with Gasteiger partial charge in [0, 0.05) is 99.3 Å². The Bertz CT molecular complexity index is 3490. The van der Waals surface area contributed by atoms with Gasteiger partial charge in [-0.05, 0) is 249 Å². The summed E-state index contributed by atoms with van der Waals surface area (Å²) in [4.78, 5) is 57.1. The van der Waals surface area contributed by atoms with Gasteiger partial charge in [-0.1, -0.05) is 304 Å². The molecule has 6 aliphatic heterocycles. The van der Waals surface area contributed by atoms with Crippen LogP contribution in [0.2, 0.25) is 117 Å².